The molecule has 0 amide bonds. The van der Waals surface area contributed by atoms with Crippen molar-refractivity contribution in [3.05, 3.63) is 28.0 Å². The zero-order valence-electron chi connectivity index (χ0n) is 8.77. The Kier molecular flexibility index (Phi) is 1.64. The number of methoxy groups -OCH3 is 1. The Labute approximate surface area is 81.9 Å². The molecule has 4 heteroatoms. The lowest BCUT2D eigenvalue weighted by Gasteiger charge is -2.03. The Balaban J connectivity index is 3.18. The van der Waals surface area contributed by atoms with Gasteiger partial charge in [-0.25, -0.2) is 4.39 Å². The van der Waals surface area contributed by atoms with Crippen molar-refractivity contribution < 1.29 is 13.2 Å². The van der Waals surface area contributed by atoms with Gasteiger partial charge >= 0.3 is 0 Å². The normalized spacial score (nSPS) is 13.9. The van der Waals surface area contributed by atoms with Crippen LogP contribution in [0.5, 0.6) is 5.75 Å². The van der Waals surface area contributed by atoms with Crippen molar-refractivity contribution in [1.29, 1.82) is 5.26 Å². The van der Waals surface area contributed by atoms with Crippen LogP contribution in [-0.2, 0) is 0 Å². The van der Waals surface area contributed by atoms with Crippen molar-refractivity contribution in [3.8, 4) is 11.8 Å². The molecule has 0 aromatic heterocycles. The molecule has 0 atom stereocenters. The van der Waals surface area contributed by atoms with Gasteiger partial charge < -0.3 is 4.74 Å². The maximum Gasteiger partial charge on any atom is 0.183 e. The highest BCUT2D eigenvalue weighted by Gasteiger charge is 2.11. The summed E-state index contributed by atoms with van der Waals surface area (Å²) >= 11 is 2.96. The molecule has 0 aliphatic rings. The average molecular weight is 233 g/mol. The Bertz CT molecular complexity index is 427. The molecule has 0 N–H and O–H groups in total. The first-order valence-corrected chi connectivity index (χ1v) is 3.71. The van der Waals surface area contributed by atoms with Crippen molar-refractivity contribution in [1.82, 2.24) is 0 Å². The van der Waals surface area contributed by atoms with E-state index in [9.17, 15) is 4.39 Å². The van der Waals surface area contributed by atoms with Gasteiger partial charge in [-0.3, -0.25) is 0 Å². The fourth-order valence-corrected chi connectivity index (χ4v) is 1.11. The Morgan fingerprint density at radius 2 is 2.50 bits per heavy atom. The van der Waals surface area contributed by atoms with E-state index in [1.165, 1.54) is 6.07 Å². The second-order valence-electron chi connectivity index (χ2n) is 1.95. The van der Waals surface area contributed by atoms with E-state index < -0.39 is 18.6 Å². The number of hydrogen-bond acceptors (Lipinski definition) is 2. The summed E-state index contributed by atoms with van der Waals surface area (Å²) in [5, 5.41) is 8.61. The Hall–Kier alpha value is -1.08. The van der Waals surface area contributed by atoms with Crippen LogP contribution in [0.25, 0.3) is 0 Å². The molecule has 0 fully saturated rings. The maximum atomic E-state index is 13.4. The zero-order valence-corrected chi connectivity index (χ0v) is 7.35. The van der Waals surface area contributed by atoms with Gasteiger partial charge in [-0.1, -0.05) is 0 Å². The van der Waals surface area contributed by atoms with Gasteiger partial charge in [-0.15, -0.1) is 0 Å². The highest BCUT2D eigenvalue weighted by molar-refractivity contribution is 9.10. The van der Waals surface area contributed by atoms with Gasteiger partial charge in [0.15, 0.2) is 11.6 Å². The van der Waals surface area contributed by atoms with Gasteiger partial charge in [-0.05, 0) is 28.1 Å². The summed E-state index contributed by atoms with van der Waals surface area (Å²) in [5.41, 5.74) is -0.281. The van der Waals surface area contributed by atoms with Crippen LogP contribution in [0.4, 0.5) is 4.39 Å². The topological polar surface area (TPSA) is 33.0 Å². The van der Waals surface area contributed by atoms with Crippen LogP contribution < -0.4 is 4.74 Å². The van der Waals surface area contributed by atoms with Gasteiger partial charge in [-0.2, -0.15) is 5.26 Å². The number of hydrogen-bond donors (Lipinski definition) is 0. The first-order valence-electron chi connectivity index (χ1n) is 4.42. The van der Waals surface area contributed by atoms with Gasteiger partial charge in [0.05, 0.1) is 11.2 Å². The molecule has 0 unspecified atom stereocenters. The maximum absolute atomic E-state index is 13.4. The summed E-state index contributed by atoms with van der Waals surface area (Å²) in [6.45, 7) is 0. The van der Waals surface area contributed by atoms with E-state index in [0.717, 1.165) is 6.07 Å². The molecule has 0 aliphatic carbocycles. The lowest BCUT2D eigenvalue weighted by atomic mass is 10.2. The highest BCUT2D eigenvalue weighted by Crippen LogP contribution is 2.26. The number of nitrogens with zero attached hydrogens (tertiary/aromatic N) is 1. The number of ether oxygens (including phenoxy) is 1. The first-order chi connectivity index (χ1) is 6.85. The van der Waals surface area contributed by atoms with Crippen molar-refractivity contribution in [3.63, 3.8) is 0 Å². The average Bonchev–Trinajstić information content (AvgIpc) is 2.09. The quantitative estimate of drug-likeness (QED) is 0.746. The predicted octanol–water partition coefficient (Wildman–Crippen LogP) is 2.47. The van der Waals surface area contributed by atoms with E-state index >= 15 is 0 Å². The molecule has 0 spiro atoms. The number of benzene rings is 1. The lowest BCUT2D eigenvalue weighted by Crippen LogP contribution is -1.92. The minimum atomic E-state index is -2.73. The zero-order chi connectivity index (χ0) is 11.6. The summed E-state index contributed by atoms with van der Waals surface area (Å²) in [6, 6.07) is 4.10. The predicted molar refractivity (Wildman–Crippen MR) is 45.4 cm³/mol. The second kappa shape index (κ2) is 3.55. The van der Waals surface area contributed by atoms with Crippen LogP contribution in [0.1, 0.15) is 9.68 Å². The molecule has 0 aliphatic heterocycles. The molecule has 12 heavy (non-hydrogen) atoms. The van der Waals surface area contributed by atoms with E-state index in [-0.39, 0.29) is 10.0 Å². The summed E-state index contributed by atoms with van der Waals surface area (Å²) in [7, 11) is -2.73. The SMILES string of the molecule is [2H]C([2H])([2H])Oc1ccc(Br)c(C#N)c1F. The monoisotopic (exact) mass is 232 g/mol. The first kappa shape index (κ1) is 5.55. The van der Waals surface area contributed by atoms with E-state index in [2.05, 4.69) is 20.7 Å². The van der Waals surface area contributed by atoms with Crippen molar-refractivity contribution >= 4 is 15.9 Å². The molecule has 0 heterocycles. The van der Waals surface area contributed by atoms with E-state index in [1.54, 1.807) is 6.07 Å². The summed E-state index contributed by atoms with van der Waals surface area (Å²) in [6.07, 6.45) is 0. The third kappa shape index (κ3) is 1.41. The number of halogens is 2. The van der Waals surface area contributed by atoms with E-state index in [1.807, 2.05) is 0 Å². The number of rotatable bonds is 1. The molecule has 1 rings (SSSR count). The van der Waals surface area contributed by atoms with Crippen LogP contribution >= 0.6 is 15.9 Å². The summed E-state index contributed by atoms with van der Waals surface area (Å²) in [4.78, 5) is 0. The Morgan fingerprint density at radius 3 is 3.08 bits per heavy atom. The second-order valence-corrected chi connectivity index (χ2v) is 2.80. The van der Waals surface area contributed by atoms with Crippen LogP contribution in [0.15, 0.2) is 16.6 Å². The molecule has 2 nitrogen and oxygen atoms in total. The van der Waals surface area contributed by atoms with Crippen molar-refractivity contribution in [2.45, 2.75) is 0 Å². The molecule has 0 radical (unpaired) electrons. The summed E-state index contributed by atoms with van der Waals surface area (Å²) < 4.78 is 38.5. The largest absolute Gasteiger partial charge is 0.494 e. The van der Waals surface area contributed by atoms with Crippen molar-refractivity contribution in [2.24, 2.45) is 0 Å². The van der Waals surface area contributed by atoms with Crippen LogP contribution in [0, 0.1) is 17.1 Å². The van der Waals surface area contributed by atoms with E-state index in [0.29, 0.717) is 0 Å². The summed E-state index contributed by atoms with van der Waals surface area (Å²) in [5.74, 6) is -1.45. The van der Waals surface area contributed by atoms with Gasteiger partial charge in [0, 0.05) is 4.47 Å². The van der Waals surface area contributed by atoms with Crippen LogP contribution in [0.3, 0.4) is 0 Å². The smallest absolute Gasteiger partial charge is 0.183 e. The molecule has 0 saturated carbocycles. The van der Waals surface area contributed by atoms with Gasteiger partial charge in [0.1, 0.15) is 11.6 Å². The van der Waals surface area contributed by atoms with Crippen molar-refractivity contribution in [2.75, 3.05) is 7.04 Å². The molecule has 62 valence electrons. The Morgan fingerprint density at radius 1 is 1.75 bits per heavy atom. The molecular weight excluding hydrogens is 225 g/mol. The van der Waals surface area contributed by atoms with Gasteiger partial charge in [0.2, 0.25) is 0 Å². The third-order valence-corrected chi connectivity index (χ3v) is 1.94. The minimum absolute atomic E-state index is 0.250. The minimum Gasteiger partial charge on any atom is -0.494 e. The molecule has 1 aromatic carbocycles. The standard InChI is InChI=1S/C8H5BrFNO/c1-12-7-3-2-6(9)5(4-11)8(7)10/h2-3H,1H3/i1D3. The fraction of sp³-hybridized carbons (Fsp3) is 0.125. The number of nitriles is 1. The van der Waals surface area contributed by atoms with E-state index in [4.69, 9.17) is 9.37 Å². The molecule has 0 bridgehead atoms. The molecular formula is C8H5BrFNO. The third-order valence-electron chi connectivity index (χ3n) is 1.28. The lowest BCUT2D eigenvalue weighted by molar-refractivity contribution is 0.385. The van der Waals surface area contributed by atoms with Crippen LogP contribution in [-0.4, -0.2) is 7.04 Å². The van der Waals surface area contributed by atoms with Gasteiger partial charge in [0.25, 0.3) is 0 Å². The molecule has 0 saturated heterocycles. The fourth-order valence-electron chi connectivity index (χ4n) is 0.715. The highest BCUT2D eigenvalue weighted by atomic mass is 79.9. The molecule has 1 aromatic rings. The van der Waals surface area contributed by atoms with Crippen LogP contribution in [0.2, 0.25) is 0 Å².